The third-order valence-electron chi connectivity index (χ3n) is 2.70. The molecule has 1 aromatic carbocycles. The molecular weight excluding hydrogens is 319 g/mol. The number of hydrogen-bond donors (Lipinski definition) is 0. The highest BCUT2D eigenvalue weighted by Gasteiger charge is 2.42. The molecule has 21 heavy (non-hydrogen) atoms. The number of rotatable bonds is 5. The Morgan fingerprint density at radius 2 is 1.90 bits per heavy atom. The number of sulfone groups is 2. The van der Waals surface area contributed by atoms with Gasteiger partial charge in [0.25, 0.3) is 19.7 Å². The molecule has 0 spiro atoms. The van der Waals surface area contributed by atoms with Gasteiger partial charge in [0.2, 0.25) is 0 Å². The average Bonchev–Trinajstić information content (AvgIpc) is 2.39. The highest BCUT2D eigenvalue weighted by atomic mass is 32.3. The van der Waals surface area contributed by atoms with E-state index in [1.165, 1.54) is 0 Å². The molecule has 0 atom stereocenters. The van der Waals surface area contributed by atoms with Crippen LogP contribution in [0.15, 0.2) is 29.2 Å². The van der Waals surface area contributed by atoms with E-state index in [-0.39, 0.29) is 6.42 Å². The van der Waals surface area contributed by atoms with Crippen LogP contribution in [0.5, 0.6) is 0 Å². The molecule has 0 saturated heterocycles. The van der Waals surface area contributed by atoms with E-state index in [9.17, 15) is 21.2 Å². The van der Waals surface area contributed by atoms with E-state index in [0.717, 1.165) is 24.6 Å². The molecule has 0 aliphatic carbocycles. The van der Waals surface area contributed by atoms with Gasteiger partial charge >= 0.3 is 4.38 Å². The van der Waals surface area contributed by atoms with E-state index in [0.29, 0.717) is 12.5 Å². The Balaban J connectivity index is 3.25. The summed E-state index contributed by atoms with van der Waals surface area (Å²) in [5.74, 6) is -1.29. The normalized spacial score (nSPS) is 11.9. The van der Waals surface area contributed by atoms with Gasteiger partial charge in [-0.3, -0.25) is 0 Å². The van der Waals surface area contributed by atoms with Gasteiger partial charge in [-0.05, 0) is 24.6 Å². The molecule has 1 rings (SSSR count). The second kappa shape index (κ2) is 6.93. The van der Waals surface area contributed by atoms with Crippen molar-refractivity contribution in [1.29, 1.82) is 0 Å². The molecule has 9 heteroatoms. The Bertz CT molecular complexity index is 766. The minimum atomic E-state index is -4.60. The van der Waals surface area contributed by atoms with E-state index in [1.54, 1.807) is 0 Å². The Kier molecular flexibility index (Phi) is 5.77. The summed E-state index contributed by atoms with van der Waals surface area (Å²) in [7, 11) is -8.87. The first kappa shape index (κ1) is 17.5. The molecule has 116 valence electrons. The van der Waals surface area contributed by atoms with Crippen LogP contribution in [0.4, 0.5) is 4.39 Å². The Morgan fingerprint density at radius 1 is 1.24 bits per heavy atom. The first-order valence-electron chi connectivity index (χ1n) is 6.21. The lowest BCUT2D eigenvalue weighted by molar-refractivity contribution is 0.00380. The Labute approximate surface area is 123 Å². The summed E-state index contributed by atoms with van der Waals surface area (Å²) in [6.45, 7) is 1.86. The van der Waals surface area contributed by atoms with Crippen LogP contribution in [-0.2, 0) is 19.7 Å². The molecule has 0 saturated carbocycles. The highest BCUT2D eigenvalue weighted by molar-refractivity contribution is 8.31. The summed E-state index contributed by atoms with van der Waals surface area (Å²) in [5, 5.41) is 0. The minimum absolute atomic E-state index is 0.247. The van der Waals surface area contributed by atoms with Crippen molar-refractivity contribution in [1.82, 2.24) is 0 Å². The van der Waals surface area contributed by atoms with Crippen molar-refractivity contribution in [3.8, 4) is 0 Å². The second-order valence-corrected chi connectivity index (χ2v) is 8.50. The molecule has 0 heterocycles. The van der Waals surface area contributed by atoms with Crippen molar-refractivity contribution >= 4 is 24.1 Å². The minimum Gasteiger partial charge on any atom is -0.359 e. The molecule has 6 nitrogen and oxygen atoms in total. The van der Waals surface area contributed by atoms with Gasteiger partial charge in [-0.2, -0.15) is 0 Å². The number of nitrogens with zero attached hydrogens (tertiary/aromatic N) is 2. The molecule has 1 aromatic rings. The maximum atomic E-state index is 13.1. The predicted octanol–water partition coefficient (Wildman–Crippen LogP) is 1.79. The topological polar surface area (TPSA) is 105 Å². The van der Waals surface area contributed by atoms with Crippen molar-refractivity contribution in [2.24, 2.45) is 0 Å². The van der Waals surface area contributed by atoms with Gasteiger partial charge in [-0.15, -0.1) is 4.79 Å². The first-order valence-corrected chi connectivity index (χ1v) is 9.34. The van der Waals surface area contributed by atoms with Crippen molar-refractivity contribution in [3.05, 3.63) is 35.6 Å². The smallest absolute Gasteiger partial charge is 0.359 e. The summed E-state index contributed by atoms with van der Waals surface area (Å²) < 4.78 is 60.0. The zero-order chi connectivity index (χ0) is 16.1. The third-order valence-corrected chi connectivity index (χ3v) is 6.98. The Morgan fingerprint density at radius 3 is 2.43 bits per heavy atom. The van der Waals surface area contributed by atoms with E-state index >= 15 is 0 Å². The molecule has 0 bridgehead atoms. The monoisotopic (exact) mass is 334 g/mol. The van der Waals surface area contributed by atoms with E-state index in [4.69, 9.17) is 5.53 Å². The summed E-state index contributed by atoms with van der Waals surface area (Å²) in [6.07, 6.45) is 1.59. The molecule has 0 amide bonds. The number of unbranched alkanes of at least 4 members (excludes halogenated alkanes) is 2. The van der Waals surface area contributed by atoms with Gasteiger partial charge in [0.05, 0.1) is 10.6 Å². The van der Waals surface area contributed by atoms with Crippen molar-refractivity contribution in [2.45, 2.75) is 31.1 Å². The van der Waals surface area contributed by atoms with Crippen LogP contribution in [0.2, 0.25) is 0 Å². The standard InChI is InChI=1S/C12H15FN2O4S2/c1-2-3-4-8-20(16,17)12(15-14)21(18,19)11-7-5-6-10(13)9-11/h5-7,9H,2-4,8H2,1H3. The SMILES string of the molecule is CCCCCS(=O)(=O)C(=[N+]=[N-])S(=O)(=O)c1cccc(F)c1. The van der Waals surface area contributed by atoms with E-state index < -0.39 is 40.5 Å². The van der Waals surface area contributed by atoms with Crippen molar-refractivity contribution in [3.63, 3.8) is 0 Å². The maximum absolute atomic E-state index is 13.1. The van der Waals surface area contributed by atoms with E-state index in [1.807, 2.05) is 6.92 Å². The van der Waals surface area contributed by atoms with Crippen LogP contribution in [0.3, 0.4) is 0 Å². The summed E-state index contributed by atoms with van der Waals surface area (Å²) in [5.41, 5.74) is 8.82. The lowest BCUT2D eigenvalue weighted by Crippen LogP contribution is -2.28. The molecule has 0 unspecified atom stereocenters. The molecule has 0 N–H and O–H groups in total. The van der Waals surface area contributed by atoms with Crippen molar-refractivity contribution < 1.29 is 26.0 Å². The van der Waals surface area contributed by atoms with Gasteiger partial charge < -0.3 is 5.53 Å². The van der Waals surface area contributed by atoms with Gasteiger partial charge in [0, 0.05) is 0 Å². The zero-order valence-electron chi connectivity index (χ0n) is 11.4. The fourth-order valence-electron chi connectivity index (χ4n) is 1.65. The Hall–Kier alpha value is -1.57. The fourth-order valence-corrected chi connectivity index (χ4v) is 5.24. The van der Waals surface area contributed by atoms with Crippen LogP contribution in [-0.4, -0.2) is 31.8 Å². The van der Waals surface area contributed by atoms with E-state index in [2.05, 4.69) is 4.79 Å². The average molecular weight is 334 g/mol. The summed E-state index contributed by atoms with van der Waals surface area (Å²) >= 11 is 0. The number of benzene rings is 1. The molecule has 0 aliphatic heterocycles. The molecule has 0 radical (unpaired) electrons. The summed E-state index contributed by atoms with van der Waals surface area (Å²) in [6, 6.07) is 3.85. The van der Waals surface area contributed by atoms with Gasteiger partial charge in [0.1, 0.15) is 5.82 Å². The highest BCUT2D eigenvalue weighted by Crippen LogP contribution is 2.17. The molecule has 0 aliphatic rings. The lowest BCUT2D eigenvalue weighted by Gasteiger charge is -2.02. The maximum Gasteiger partial charge on any atom is 0.499 e. The van der Waals surface area contributed by atoms with Crippen molar-refractivity contribution in [2.75, 3.05) is 5.75 Å². The third kappa shape index (κ3) is 4.20. The summed E-state index contributed by atoms with van der Waals surface area (Å²) in [4.78, 5) is 1.86. The van der Waals surface area contributed by atoms with Gasteiger partial charge in [-0.25, -0.2) is 21.2 Å². The fraction of sp³-hybridized carbons (Fsp3) is 0.417. The zero-order valence-corrected chi connectivity index (χ0v) is 13.0. The molecule has 0 fully saturated rings. The van der Waals surface area contributed by atoms with Crippen LogP contribution >= 0.6 is 0 Å². The van der Waals surface area contributed by atoms with Gasteiger partial charge in [-0.1, -0.05) is 25.8 Å². The van der Waals surface area contributed by atoms with Crippen LogP contribution in [0.1, 0.15) is 26.2 Å². The second-order valence-electron chi connectivity index (χ2n) is 4.35. The first-order chi connectivity index (χ1) is 9.75. The van der Waals surface area contributed by atoms with Crippen LogP contribution in [0.25, 0.3) is 5.53 Å². The molecule has 0 aromatic heterocycles. The largest absolute Gasteiger partial charge is 0.499 e. The van der Waals surface area contributed by atoms with Crippen LogP contribution < -0.4 is 0 Å². The number of hydrogen-bond acceptors (Lipinski definition) is 4. The number of halogens is 1. The van der Waals surface area contributed by atoms with Crippen LogP contribution in [0, 0.1) is 5.82 Å². The quantitative estimate of drug-likeness (QED) is 0.269. The lowest BCUT2D eigenvalue weighted by atomic mass is 10.3. The predicted molar refractivity (Wildman–Crippen MR) is 75.5 cm³/mol. The van der Waals surface area contributed by atoms with Gasteiger partial charge in [0.15, 0.2) is 0 Å². The molecular formula is C12H15FN2O4S2.